The summed E-state index contributed by atoms with van der Waals surface area (Å²) in [5.41, 5.74) is 2.13. The highest BCUT2D eigenvalue weighted by Gasteiger charge is 2.13. The Labute approximate surface area is 173 Å². The molecule has 6 heteroatoms. The molecule has 0 heterocycles. The number of hydrogen-bond acceptors (Lipinski definition) is 5. The molecule has 6 nitrogen and oxygen atoms in total. The average Bonchev–Trinajstić information content (AvgIpc) is 2.78. The van der Waals surface area contributed by atoms with Crippen LogP contribution in [0.1, 0.15) is 43.6 Å². The van der Waals surface area contributed by atoms with Gasteiger partial charge >= 0.3 is 5.97 Å². The van der Waals surface area contributed by atoms with E-state index < -0.39 is 18.5 Å². The van der Waals surface area contributed by atoms with Gasteiger partial charge in [0.05, 0.1) is 5.56 Å². The first-order valence-corrected chi connectivity index (χ1v) is 9.22. The molecule has 0 aliphatic carbocycles. The van der Waals surface area contributed by atoms with Gasteiger partial charge in [-0.2, -0.15) is 0 Å². The molecule has 0 unspecified atom stereocenters. The van der Waals surface area contributed by atoms with Crippen LogP contribution in [0.4, 0.5) is 5.69 Å². The Balaban J connectivity index is 1.56. The number of anilines is 1. The Bertz CT molecular complexity index is 1090. The normalized spacial score (nSPS) is 10.2. The van der Waals surface area contributed by atoms with Gasteiger partial charge in [0, 0.05) is 22.4 Å². The number of carbonyl (C=O) groups excluding carboxylic acids is 4. The number of ether oxygens (including phenoxy) is 1. The van der Waals surface area contributed by atoms with Crippen LogP contribution in [-0.2, 0) is 9.53 Å². The Kier molecular flexibility index (Phi) is 6.49. The molecular formula is C24H19NO5. The number of esters is 1. The monoisotopic (exact) mass is 401 g/mol. The van der Waals surface area contributed by atoms with Gasteiger partial charge in [-0.3, -0.25) is 14.4 Å². The lowest BCUT2D eigenvalue weighted by atomic mass is 10.0. The number of hydrogen-bond donors (Lipinski definition) is 1. The Morgan fingerprint density at radius 2 is 1.33 bits per heavy atom. The maximum Gasteiger partial charge on any atom is 0.338 e. The fraction of sp³-hybridized carbons (Fsp3) is 0.0833. The lowest BCUT2D eigenvalue weighted by molar-refractivity contribution is -0.119. The minimum Gasteiger partial charge on any atom is -0.452 e. The molecule has 150 valence electrons. The van der Waals surface area contributed by atoms with Crippen LogP contribution in [0.5, 0.6) is 0 Å². The first kappa shape index (κ1) is 20.7. The van der Waals surface area contributed by atoms with E-state index in [4.69, 9.17) is 4.74 Å². The van der Waals surface area contributed by atoms with Crippen LogP contribution in [0, 0.1) is 0 Å². The van der Waals surface area contributed by atoms with E-state index in [9.17, 15) is 19.2 Å². The van der Waals surface area contributed by atoms with Crippen LogP contribution in [0.15, 0.2) is 78.9 Å². The molecule has 1 N–H and O–H groups in total. The molecule has 0 aromatic heterocycles. The molecule has 3 aromatic carbocycles. The second kappa shape index (κ2) is 9.43. The first-order chi connectivity index (χ1) is 14.4. The molecule has 30 heavy (non-hydrogen) atoms. The molecule has 0 radical (unpaired) electrons. The van der Waals surface area contributed by atoms with Gasteiger partial charge in [-0.1, -0.05) is 54.6 Å². The van der Waals surface area contributed by atoms with Crippen LogP contribution in [0.2, 0.25) is 0 Å². The molecule has 1 amide bonds. The summed E-state index contributed by atoms with van der Waals surface area (Å²) in [5.74, 6) is -1.48. The predicted octanol–water partition coefficient (Wildman–Crippen LogP) is 3.92. The van der Waals surface area contributed by atoms with Crippen molar-refractivity contribution in [3.8, 4) is 0 Å². The summed E-state index contributed by atoms with van der Waals surface area (Å²) in [7, 11) is 0. The topological polar surface area (TPSA) is 89.5 Å². The number of benzene rings is 3. The number of rotatable bonds is 7. The van der Waals surface area contributed by atoms with Crippen molar-refractivity contribution >= 4 is 29.1 Å². The van der Waals surface area contributed by atoms with E-state index in [-0.39, 0.29) is 17.1 Å². The summed E-state index contributed by atoms with van der Waals surface area (Å²) < 4.78 is 5.02. The van der Waals surface area contributed by atoms with Crippen molar-refractivity contribution in [2.75, 3.05) is 11.9 Å². The molecule has 0 bridgehead atoms. The third kappa shape index (κ3) is 5.26. The largest absolute Gasteiger partial charge is 0.452 e. The molecule has 3 rings (SSSR count). The molecule has 0 atom stereocenters. The molecular weight excluding hydrogens is 382 g/mol. The van der Waals surface area contributed by atoms with Crippen molar-refractivity contribution in [1.29, 1.82) is 0 Å². The standard InChI is InChI=1S/C24H19NO5/c1-16(26)20-8-5-9-21(14-20)25-22(27)15-30-24(29)19-12-10-18(11-13-19)23(28)17-6-3-2-4-7-17/h2-14H,15H2,1H3,(H,25,27). The summed E-state index contributed by atoms with van der Waals surface area (Å²) in [6, 6.07) is 21.3. The highest BCUT2D eigenvalue weighted by molar-refractivity contribution is 6.09. The lowest BCUT2D eigenvalue weighted by Gasteiger charge is -2.08. The molecule has 3 aromatic rings. The van der Waals surface area contributed by atoms with Gasteiger partial charge in [0.2, 0.25) is 0 Å². The molecule has 0 aliphatic rings. The zero-order valence-corrected chi connectivity index (χ0v) is 16.3. The predicted molar refractivity (Wildman–Crippen MR) is 112 cm³/mol. The Hall–Kier alpha value is -4.06. The molecule has 0 fully saturated rings. The minimum atomic E-state index is -0.679. The number of nitrogens with one attached hydrogen (secondary N) is 1. The average molecular weight is 401 g/mol. The number of carbonyl (C=O) groups is 4. The SMILES string of the molecule is CC(=O)c1cccc(NC(=O)COC(=O)c2ccc(C(=O)c3ccccc3)cc2)c1. The van der Waals surface area contributed by atoms with Gasteiger partial charge < -0.3 is 10.1 Å². The molecule has 0 saturated carbocycles. The number of Topliss-reactive ketones (excluding diaryl/α,β-unsaturated/α-hetero) is 1. The maximum atomic E-state index is 12.4. The van der Waals surface area contributed by atoms with Crippen LogP contribution in [0.25, 0.3) is 0 Å². The Morgan fingerprint density at radius 1 is 0.733 bits per heavy atom. The van der Waals surface area contributed by atoms with E-state index in [1.807, 2.05) is 6.07 Å². The van der Waals surface area contributed by atoms with Gasteiger partial charge in [0.15, 0.2) is 18.2 Å². The summed E-state index contributed by atoms with van der Waals surface area (Å²) in [5, 5.41) is 2.57. The third-order valence-corrected chi connectivity index (χ3v) is 4.31. The fourth-order valence-electron chi connectivity index (χ4n) is 2.74. The van der Waals surface area contributed by atoms with E-state index in [1.165, 1.54) is 19.1 Å². The van der Waals surface area contributed by atoms with Gasteiger partial charge in [-0.15, -0.1) is 0 Å². The number of amides is 1. The van der Waals surface area contributed by atoms with Gasteiger partial charge in [-0.05, 0) is 31.2 Å². The van der Waals surface area contributed by atoms with Crippen molar-refractivity contribution in [2.45, 2.75) is 6.92 Å². The Morgan fingerprint density at radius 3 is 2.00 bits per heavy atom. The van der Waals surface area contributed by atoms with Crippen molar-refractivity contribution < 1.29 is 23.9 Å². The van der Waals surface area contributed by atoms with E-state index in [1.54, 1.807) is 60.7 Å². The summed E-state index contributed by atoms with van der Waals surface area (Å²) in [6.45, 7) is 0.954. The van der Waals surface area contributed by atoms with E-state index in [0.29, 0.717) is 22.4 Å². The van der Waals surface area contributed by atoms with Crippen molar-refractivity contribution in [1.82, 2.24) is 0 Å². The van der Waals surface area contributed by atoms with Crippen LogP contribution in [-0.4, -0.2) is 30.0 Å². The van der Waals surface area contributed by atoms with Gasteiger partial charge in [-0.25, -0.2) is 4.79 Å². The van der Waals surface area contributed by atoms with Crippen molar-refractivity contribution in [3.05, 3.63) is 101 Å². The zero-order chi connectivity index (χ0) is 21.5. The fourth-order valence-corrected chi connectivity index (χ4v) is 2.74. The zero-order valence-electron chi connectivity index (χ0n) is 16.3. The highest BCUT2D eigenvalue weighted by atomic mass is 16.5. The first-order valence-electron chi connectivity index (χ1n) is 9.22. The highest BCUT2D eigenvalue weighted by Crippen LogP contribution is 2.13. The van der Waals surface area contributed by atoms with Crippen LogP contribution >= 0.6 is 0 Å². The van der Waals surface area contributed by atoms with Crippen molar-refractivity contribution in [2.24, 2.45) is 0 Å². The summed E-state index contributed by atoms with van der Waals surface area (Å²) >= 11 is 0. The molecule has 0 aliphatic heterocycles. The minimum absolute atomic E-state index is 0.119. The van der Waals surface area contributed by atoms with E-state index in [0.717, 1.165) is 0 Å². The second-order valence-corrected chi connectivity index (χ2v) is 6.53. The van der Waals surface area contributed by atoms with Gasteiger partial charge in [0.1, 0.15) is 0 Å². The molecule has 0 spiro atoms. The van der Waals surface area contributed by atoms with E-state index in [2.05, 4.69) is 5.32 Å². The van der Waals surface area contributed by atoms with Crippen LogP contribution < -0.4 is 5.32 Å². The van der Waals surface area contributed by atoms with Gasteiger partial charge in [0.25, 0.3) is 5.91 Å². The lowest BCUT2D eigenvalue weighted by Crippen LogP contribution is -2.21. The summed E-state index contributed by atoms with van der Waals surface area (Å²) in [4.78, 5) is 48.0. The second-order valence-electron chi connectivity index (χ2n) is 6.53. The number of ketones is 2. The van der Waals surface area contributed by atoms with Crippen LogP contribution in [0.3, 0.4) is 0 Å². The summed E-state index contributed by atoms with van der Waals surface area (Å²) in [6.07, 6.45) is 0. The molecule has 0 saturated heterocycles. The van der Waals surface area contributed by atoms with Crippen molar-refractivity contribution in [3.63, 3.8) is 0 Å². The smallest absolute Gasteiger partial charge is 0.338 e. The maximum absolute atomic E-state index is 12.4. The quantitative estimate of drug-likeness (QED) is 0.479. The van der Waals surface area contributed by atoms with E-state index >= 15 is 0 Å². The third-order valence-electron chi connectivity index (χ3n) is 4.31.